The maximum Gasteiger partial charge on any atom is 0.332 e. The highest BCUT2D eigenvalue weighted by atomic mass is 15.0. The number of benzene rings is 6. The minimum atomic E-state index is -0.126. The van der Waals surface area contributed by atoms with Crippen LogP contribution in [-0.4, -0.2) is 15.9 Å². The van der Waals surface area contributed by atoms with E-state index in [2.05, 4.69) is 152 Å². The quantitative estimate of drug-likeness (QED) is 0.177. The number of aromatic nitrogens is 2. The number of hydrogen-bond acceptors (Lipinski definition) is 0. The van der Waals surface area contributed by atoms with Gasteiger partial charge in [-0.25, -0.2) is 0 Å². The summed E-state index contributed by atoms with van der Waals surface area (Å²) in [6.45, 7) is 9.37. The molecule has 0 saturated heterocycles. The fourth-order valence-electron chi connectivity index (χ4n) is 8.90. The van der Waals surface area contributed by atoms with Crippen LogP contribution < -0.4 is 10.9 Å². The molecule has 208 valence electrons. The third-order valence-electron chi connectivity index (χ3n) is 10.7. The van der Waals surface area contributed by atoms with E-state index in [1.54, 1.807) is 0 Å². The molecule has 2 aliphatic rings. The van der Waals surface area contributed by atoms with Gasteiger partial charge in [0, 0.05) is 43.7 Å². The maximum atomic E-state index is 2.71. The van der Waals surface area contributed by atoms with Crippen LogP contribution in [0.25, 0.3) is 60.4 Å². The van der Waals surface area contributed by atoms with E-state index in [-0.39, 0.29) is 12.3 Å². The Morgan fingerprint density at radius 1 is 0.591 bits per heavy atom. The van der Waals surface area contributed by atoms with Crippen LogP contribution in [0.4, 0.5) is 0 Å². The number of nitrogens with zero attached hydrogens (tertiary/aromatic N) is 2. The van der Waals surface area contributed by atoms with E-state index in [1.807, 2.05) is 0 Å². The van der Waals surface area contributed by atoms with Gasteiger partial charge in [0.1, 0.15) is 0 Å². The second-order valence-electron chi connectivity index (χ2n) is 13.5. The summed E-state index contributed by atoms with van der Waals surface area (Å²) in [5.74, 6) is 0. The molecule has 0 spiro atoms. The molecule has 2 nitrogen and oxygen atoms in total. The lowest BCUT2D eigenvalue weighted by molar-refractivity contribution is 0.664. The van der Waals surface area contributed by atoms with E-state index in [4.69, 9.17) is 0 Å². The largest absolute Gasteiger partial charge is 0.376 e. The Labute approximate surface area is 257 Å². The minimum absolute atomic E-state index is 0.0289. The van der Waals surface area contributed by atoms with Gasteiger partial charge in [-0.15, -0.1) is 0 Å². The van der Waals surface area contributed by atoms with Crippen LogP contribution in [0.2, 0.25) is 0 Å². The van der Waals surface area contributed by atoms with Crippen LogP contribution in [0.1, 0.15) is 36.1 Å². The van der Waals surface area contributed by atoms with Crippen molar-refractivity contribution in [1.82, 2.24) is 9.05 Å². The Hall–Kier alpha value is -5.02. The van der Waals surface area contributed by atoms with Crippen LogP contribution in [0.15, 0.2) is 115 Å². The molecule has 44 heavy (non-hydrogen) atoms. The summed E-state index contributed by atoms with van der Waals surface area (Å²) >= 11 is 0. The molecule has 2 aromatic heterocycles. The molecule has 0 atom stereocenters. The molecule has 0 amide bonds. The summed E-state index contributed by atoms with van der Waals surface area (Å²) in [6, 6.07) is 43.6. The van der Waals surface area contributed by atoms with Crippen molar-refractivity contribution < 1.29 is 0 Å². The highest BCUT2D eigenvalue weighted by molar-refractivity contribution is 6.88. The van der Waals surface area contributed by atoms with Crippen molar-refractivity contribution in [3.63, 3.8) is 0 Å². The van der Waals surface area contributed by atoms with Gasteiger partial charge in [-0.3, -0.25) is 0 Å². The molecule has 6 aromatic carbocycles. The smallest absolute Gasteiger partial charge is 0.332 e. The summed E-state index contributed by atoms with van der Waals surface area (Å²) in [5.41, 5.74) is 17.4. The molecule has 0 saturated carbocycles. The number of fused-ring (bicyclic) bond motifs is 12. The predicted octanol–water partition coefficient (Wildman–Crippen LogP) is 8.78. The monoisotopic (exact) mass is 562 g/mol. The first-order chi connectivity index (χ1) is 21.4. The van der Waals surface area contributed by atoms with E-state index in [1.165, 1.54) is 93.6 Å². The van der Waals surface area contributed by atoms with Crippen LogP contribution in [-0.2, 0) is 5.41 Å². The fraction of sp³-hybridized carbons (Fsp3) is 0.122. The van der Waals surface area contributed by atoms with E-state index >= 15 is 0 Å². The molecule has 0 fully saturated rings. The van der Waals surface area contributed by atoms with Crippen molar-refractivity contribution in [2.45, 2.75) is 33.1 Å². The average Bonchev–Trinajstić information content (AvgIpc) is 3.63. The normalized spacial score (nSPS) is 14.5. The SMILES string of the molecule is Cc1ccc2c3ccc(C)c4c3n(c2c1)-c1ccccc1B4n1c2ccccc2c2ccc3c(c21)C(C)(C)c1ccccc1-3. The molecule has 0 unspecified atom stereocenters. The summed E-state index contributed by atoms with van der Waals surface area (Å²) in [5, 5.41) is 5.31. The van der Waals surface area contributed by atoms with Gasteiger partial charge in [0.2, 0.25) is 0 Å². The van der Waals surface area contributed by atoms with Gasteiger partial charge in [-0.2, -0.15) is 0 Å². The van der Waals surface area contributed by atoms with Crippen molar-refractivity contribution in [1.29, 1.82) is 0 Å². The summed E-state index contributed by atoms with van der Waals surface area (Å²) in [4.78, 5) is 0. The number of hydrogen-bond donors (Lipinski definition) is 0. The number of rotatable bonds is 1. The van der Waals surface area contributed by atoms with Gasteiger partial charge >= 0.3 is 6.85 Å². The van der Waals surface area contributed by atoms with Crippen molar-refractivity contribution in [2.75, 3.05) is 0 Å². The molecular formula is C41H31BN2. The number of aryl methyl sites for hydroxylation is 2. The second kappa shape index (κ2) is 8.12. The van der Waals surface area contributed by atoms with Gasteiger partial charge in [-0.05, 0) is 70.8 Å². The summed E-state index contributed by atoms with van der Waals surface area (Å²) in [6.07, 6.45) is 0. The fourth-order valence-corrected chi connectivity index (χ4v) is 8.90. The third kappa shape index (κ3) is 2.79. The molecule has 1 aliphatic carbocycles. The van der Waals surface area contributed by atoms with Crippen LogP contribution in [0.5, 0.6) is 0 Å². The summed E-state index contributed by atoms with van der Waals surface area (Å²) < 4.78 is 5.26. The van der Waals surface area contributed by atoms with Crippen LogP contribution >= 0.6 is 0 Å². The highest BCUT2D eigenvalue weighted by Crippen LogP contribution is 2.52. The van der Waals surface area contributed by atoms with E-state index in [9.17, 15) is 0 Å². The minimum Gasteiger partial charge on any atom is -0.376 e. The Balaban J connectivity index is 1.44. The number of para-hydroxylation sites is 2. The molecule has 3 heterocycles. The average molecular weight is 563 g/mol. The van der Waals surface area contributed by atoms with Crippen molar-refractivity contribution >= 4 is 61.4 Å². The Morgan fingerprint density at radius 3 is 2.20 bits per heavy atom. The van der Waals surface area contributed by atoms with E-state index in [0.717, 1.165) is 0 Å². The van der Waals surface area contributed by atoms with Crippen molar-refractivity contribution in [2.24, 2.45) is 0 Å². The molecule has 0 N–H and O–H groups in total. The zero-order valence-electron chi connectivity index (χ0n) is 25.4. The van der Waals surface area contributed by atoms with Crippen molar-refractivity contribution in [3.05, 3.63) is 138 Å². The van der Waals surface area contributed by atoms with Gasteiger partial charge in [-0.1, -0.05) is 116 Å². The lowest BCUT2D eigenvalue weighted by atomic mass is 9.47. The van der Waals surface area contributed by atoms with Crippen molar-refractivity contribution in [3.8, 4) is 16.8 Å². The van der Waals surface area contributed by atoms with Gasteiger partial charge in [0.25, 0.3) is 0 Å². The topological polar surface area (TPSA) is 9.86 Å². The standard InChI is InChI=1S/C41H31BN2/c1-24-17-19-28-31-20-18-25(2)38-40(31)43(36(28)23-24)35-16-10-8-14-33(35)42(38)44-34-15-9-6-12-27(34)30-22-21-29-26-11-5-7-13-32(26)41(3,4)37(29)39(30)44/h5-23H,1-4H3. The Bertz CT molecular complexity index is 2560. The Kier molecular flexibility index (Phi) is 4.51. The molecule has 1 aliphatic heterocycles. The summed E-state index contributed by atoms with van der Waals surface area (Å²) in [7, 11) is 0. The molecule has 8 aromatic rings. The first-order valence-electron chi connectivity index (χ1n) is 15.7. The predicted molar refractivity (Wildman–Crippen MR) is 188 cm³/mol. The van der Waals surface area contributed by atoms with Crippen LogP contribution in [0.3, 0.4) is 0 Å². The molecule has 3 heteroatoms. The third-order valence-corrected chi connectivity index (χ3v) is 10.7. The van der Waals surface area contributed by atoms with E-state index < -0.39 is 0 Å². The zero-order valence-corrected chi connectivity index (χ0v) is 25.4. The first-order valence-corrected chi connectivity index (χ1v) is 15.7. The molecule has 0 bridgehead atoms. The Morgan fingerprint density at radius 2 is 1.30 bits per heavy atom. The molecular weight excluding hydrogens is 531 g/mol. The second-order valence-corrected chi connectivity index (χ2v) is 13.5. The first kappa shape index (κ1) is 24.4. The lowest BCUT2D eigenvalue weighted by Crippen LogP contribution is -2.54. The highest BCUT2D eigenvalue weighted by Gasteiger charge is 2.42. The zero-order chi connectivity index (χ0) is 29.5. The van der Waals surface area contributed by atoms with Crippen LogP contribution in [0, 0.1) is 13.8 Å². The van der Waals surface area contributed by atoms with Gasteiger partial charge < -0.3 is 9.05 Å². The lowest BCUT2D eigenvalue weighted by Gasteiger charge is -2.31. The maximum absolute atomic E-state index is 2.71. The van der Waals surface area contributed by atoms with E-state index in [0.29, 0.717) is 0 Å². The van der Waals surface area contributed by atoms with Gasteiger partial charge in [0.05, 0.1) is 11.0 Å². The molecule has 10 rings (SSSR count). The molecule has 0 radical (unpaired) electrons. The van der Waals surface area contributed by atoms with Gasteiger partial charge in [0.15, 0.2) is 0 Å².